The van der Waals surface area contributed by atoms with Crippen molar-refractivity contribution in [1.82, 2.24) is 14.5 Å². The number of nitrogens with zero attached hydrogens (tertiary/aromatic N) is 3. The number of benzene rings is 1. The van der Waals surface area contributed by atoms with Gasteiger partial charge in [0.2, 0.25) is 0 Å². The van der Waals surface area contributed by atoms with E-state index < -0.39 is 11.9 Å². The lowest BCUT2D eigenvalue weighted by atomic mass is 9.85. The lowest BCUT2D eigenvalue weighted by Gasteiger charge is -2.37. The lowest BCUT2D eigenvalue weighted by molar-refractivity contribution is -0.236. The first-order valence-electron chi connectivity index (χ1n) is 12.7. The van der Waals surface area contributed by atoms with Gasteiger partial charge in [-0.25, -0.2) is 9.37 Å². The highest BCUT2D eigenvalue weighted by Crippen LogP contribution is 2.50. The number of aliphatic hydroxyl groups is 2. The summed E-state index contributed by atoms with van der Waals surface area (Å²) in [5.41, 5.74) is 3.55. The molecule has 1 aromatic carbocycles. The van der Waals surface area contributed by atoms with E-state index in [1.807, 2.05) is 6.92 Å². The third kappa shape index (κ3) is 2.89. The minimum atomic E-state index is -1.68. The highest BCUT2D eigenvalue weighted by atomic mass is 32.2. The zero-order valence-corrected chi connectivity index (χ0v) is 21.1. The van der Waals surface area contributed by atoms with E-state index in [2.05, 4.69) is 4.90 Å². The van der Waals surface area contributed by atoms with Crippen molar-refractivity contribution in [2.75, 3.05) is 18.8 Å². The molecular formula is C27H28FN3O4S. The van der Waals surface area contributed by atoms with E-state index in [0.29, 0.717) is 40.1 Å². The quantitative estimate of drug-likeness (QED) is 0.427. The average molecular weight is 510 g/mol. The zero-order chi connectivity index (χ0) is 24.9. The lowest BCUT2D eigenvalue weighted by Crippen LogP contribution is -2.47. The molecule has 2 aromatic heterocycles. The van der Waals surface area contributed by atoms with Crippen molar-refractivity contribution in [2.24, 2.45) is 0 Å². The van der Waals surface area contributed by atoms with Crippen LogP contribution in [0.3, 0.4) is 0 Å². The molecule has 2 unspecified atom stereocenters. The van der Waals surface area contributed by atoms with Crippen LogP contribution < -0.4 is 5.56 Å². The molecule has 4 aliphatic rings. The number of fused-ring (bicyclic) bond motifs is 5. The molecule has 3 atom stereocenters. The number of hydrogen-bond acceptors (Lipinski definition) is 7. The predicted octanol–water partition coefficient (Wildman–Crippen LogP) is 3.56. The summed E-state index contributed by atoms with van der Waals surface area (Å²) in [4.78, 5) is 22.1. The molecule has 1 saturated heterocycles. The average Bonchev–Trinajstić information content (AvgIpc) is 3.54. The summed E-state index contributed by atoms with van der Waals surface area (Å²) in [5.74, 6) is 0.560. The maximum atomic E-state index is 15.0. The third-order valence-corrected chi connectivity index (χ3v) is 9.90. The van der Waals surface area contributed by atoms with Gasteiger partial charge in [0, 0.05) is 44.8 Å². The van der Waals surface area contributed by atoms with Crippen molar-refractivity contribution >= 4 is 22.7 Å². The second-order valence-corrected chi connectivity index (χ2v) is 11.4. The van der Waals surface area contributed by atoms with E-state index in [-0.39, 0.29) is 30.4 Å². The van der Waals surface area contributed by atoms with E-state index in [1.54, 1.807) is 29.3 Å². The van der Waals surface area contributed by atoms with Gasteiger partial charge in [0.15, 0.2) is 6.29 Å². The normalized spacial score (nSPS) is 26.8. The summed E-state index contributed by atoms with van der Waals surface area (Å²) in [7, 11) is 0. The molecule has 7 rings (SSSR count). The van der Waals surface area contributed by atoms with Crippen LogP contribution >= 0.6 is 11.8 Å². The number of likely N-dealkylation sites (tertiary alicyclic amines) is 1. The van der Waals surface area contributed by atoms with E-state index in [9.17, 15) is 19.4 Å². The molecule has 0 saturated carbocycles. The Labute approximate surface area is 211 Å². The molecule has 36 heavy (non-hydrogen) atoms. The van der Waals surface area contributed by atoms with Gasteiger partial charge in [0.1, 0.15) is 11.4 Å². The molecular weight excluding hydrogens is 481 g/mol. The number of hydrogen-bond donors (Lipinski definition) is 2. The summed E-state index contributed by atoms with van der Waals surface area (Å²) in [6.45, 7) is 5.96. The van der Waals surface area contributed by atoms with Gasteiger partial charge in [-0.3, -0.25) is 9.69 Å². The Balaban J connectivity index is 1.53. The van der Waals surface area contributed by atoms with Crippen molar-refractivity contribution in [1.29, 1.82) is 0 Å². The summed E-state index contributed by atoms with van der Waals surface area (Å²) in [5, 5.41) is 22.7. The SMILES string of the molecule is CC[C@]1(O)c2cc3n(c(=O)c2COC1O)Cc1c-3nc2cc(F)c(C)c3c2c1C(N1CCCC1)CS3. The molecule has 2 N–H and O–H groups in total. The van der Waals surface area contributed by atoms with E-state index in [4.69, 9.17) is 9.72 Å². The Hall–Kier alpha value is -2.30. The van der Waals surface area contributed by atoms with Crippen LogP contribution in [-0.4, -0.2) is 49.8 Å². The van der Waals surface area contributed by atoms with Crippen LogP contribution in [0.2, 0.25) is 0 Å². The fourth-order valence-electron chi connectivity index (χ4n) is 6.56. The molecule has 0 aliphatic carbocycles. The Morgan fingerprint density at radius 2 is 2.06 bits per heavy atom. The summed E-state index contributed by atoms with van der Waals surface area (Å²) < 4.78 is 22.1. The fraction of sp³-hybridized carbons (Fsp3) is 0.481. The standard InChI is InChI=1S/C27H28FN3O4S/c1-3-27(34)16-8-19-23-14(10-31(19)25(32)15(16)11-35-26(27)33)21-20(30-6-4-5-7-30)12-36-24-13(2)17(28)9-18(29-23)22(21)24/h8-9,20,26,33-34H,3-7,10-12H2,1-2H3/t20?,26?,27-/m0/s1. The summed E-state index contributed by atoms with van der Waals surface area (Å²) in [6, 6.07) is 3.48. The van der Waals surface area contributed by atoms with Crippen molar-refractivity contribution < 1.29 is 19.3 Å². The molecule has 188 valence electrons. The molecule has 7 nitrogen and oxygen atoms in total. The van der Waals surface area contributed by atoms with E-state index in [1.165, 1.54) is 6.07 Å². The molecule has 9 heteroatoms. The van der Waals surface area contributed by atoms with Crippen LogP contribution in [0.1, 0.15) is 60.0 Å². The second kappa shape index (κ2) is 7.85. The van der Waals surface area contributed by atoms with Gasteiger partial charge in [0.05, 0.1) is 30.1 Å². The topological polar surface area (TPSA) is 87.8 Å². The van der Waals surface area contributed by atoms with Gasteiger partial charge in [-0.15, -0.1) is 11.8 Å². The van der Waals surface area contributed by atoms with E-state index in [0.717, 1.165) is 53.1 Å². The van der Waals surface area contributed by atoms with Crippen molar-refractivity contribution in [3.05, 3.63) is 56.1 Å². The van der Waals surface area contributed by atoms with Gasteiger partial charge in [-0.1, -0.05) is 6.92 Å². The minimum absolute atomic E-state index is 0.0574. The Morgan fingerprint density at radius 1 is 1.28 bits per heavy atom. The Kier molecular flexibility index (Phi) is 4.99. The van der Waals surface area contributed by atoms with Crippen LogP contribution in [0.15, 0.2) is 21.8 Å². The molecule has 4 aliphatic heterocycles. The van der Waals surface area contributed by atoms with Crippen molar-refractivity contribution in [3.63, 3.8) is 0 Å². The third-order valence-electron chi connectivity index (χ3n) is 8.62. The number of pyridine rings is 2. The summed E-state index contributed by atoms with van der Waals surface area (Å²) >= 11 is 1.71. The van der Waals surface area contributed by atoms with Gasteiger partial charge >= 0.3 is 0 Å². The second-order valence-electron chi connectivity index (χ2n) is 10.4. The summed E-state index contributed by atoms with van der Waals surface area (Å²) in [6.07, 6.45) is 1.10. The first-order chi connectivity index (χ1) is 17.3. The van der Waals surface area contributed by atoms with Crippen LogP contribution in [0.5, 0.6) is 0 Å². The van der Waals surface area contributed by atoms with Crippen LogP contribution in [-0.2, 0) is 23.5 Å². The van der Waals surface area contributed by atoms with Crippen LogP contribution in [0, 0.1) is 12.7 Å². The van der Waals surface area contributed by atoms with Crippen molar-refractivity contribution in [2.45, 2.75) is 69.1 Å². The Morgan fingerprint density at radius 3 is 2.81 bits per heavy atom. The van der Waals surface area contributed by atoms with Crippen LogP contribution in [0.25, 0.3) is 22.3 Å². The maximum absolute atomic E-state index is 15.0. The van der Waals surface area contributed by atoms with Gasteiger partial charge in [-0.05, 0) is 56.5 Å². The number of aliphatic hydroxyl groups excluding tert-OH is 1. The number of halogens is 1. The molecule has 6 heterocycles. The highest BCUT2D eigenvalue weighted by Gasteiger charge is 2.45. The predicted molar refractivity (Wildman–Crippen MR) is 134 cm³/mol. The van der Waals surface area contributed by atoms with E-state index >= 15 is 0 Å². The molecule has 3 aromatic rings. The number of aromatic nitrogens is 2. The highest BCUT2D eigenvalue weighted by molar-refractivity contribution is 7.99. The smallest absolute Gasteiger partial charge is 0.257 e. The monoisotopic (exact) mass is 509 g/mol. The zero-order valence-electron chi connectivity index (χ0n) is 20.3. The number of ether oxygens (including phenoxy) is 1. The molecule has 0 bridgehead atoms. The van der Waals surface area contributed by atoms with Gasteiger partial charge in [-0.2, -0.15) is 0 Å². The molecule has 0 spiro atoms. The first kappa shape index (κ1) is 22.9. The van der Waals surface area contributed by atoms with Crippen LogP contribution in [0.4, 0.5) is 4.39 Å². The van der Waals surface area contributed by atoms with Crippen molar-refractivity contribution in [3.8, 4) is 11.4 Å². The largest absolute Gasteiger partial charge is 0.380 e. The Bertz CT molecular complexity index is 1520. The minimum Gasteiger partial charge on any atom is -0.380 e. The molecule has 1 fully saturated rings. The van der Waals surface area contributed by atoms with Gasteiger partial charge in [0.25, 0.3) is 5.56 Å². The number of rotatable bonds is 2. The fourth-order valence-corrected chi connectivity index (χ4v) is 7.93. The van der Waals surface area contributed by atoms with Gasteiger partial charge < -0.3 is 19.5 Å². The molecule has 0 radical (unpaired) electrons. The maximum Gasteiger partial charge on any atom is 0.257 e. The number of thioether (sulfide) groups is 1. The molecule has 0 amide bonds. The first-order valence-corrected chi connectivity index (χ1v) is 13.6.